The zero-order chi connectivity index (χ0) is 12.4. The van der Waals surface area contributed by atoms with E-state index in [1.165, 1.54) is 0 Å². The normalized spacial score (nSPS) is 20.4. The number of hydrogen-bond acceptors (Lipinski definition) is 3. The summed E-state index contributed by atoms with van der Waals surface area (Å²) >= 11 is 5.86. The highest BCUT2D eigenvalue weighted by molar-refractivity contribution is 6.29. The standard InChI is InChI=1S/C12H15ClN2O2/c1-8-5-10(6-11(13)14-8)12(16)15-3-4-17-9(2)7-15/h5-6,9H,3-4,7H2,1-2H3. The van der Waals surface area contributed by atoms with Crippen LogP contribution in [0.1, 0.15) is 23.0 Å². The molecule has 5 heteroatoms. The maximum Gasteiger partial charge on any atom is 0.254 e. The quantitative estimate of drug-likeness (QED) is 0.719. The maximum absolute atomic E-state index is 12.2. The molecule has 1 aliphatic rings. The number of aryl methyl sites for hydroxylation is 1. The Bertz CT molecular complexity index is 416. The van der Waals surface area contributed by atoms with E-state index in [1.54, 1.807) is 17.0 Å². The topological polar surface area (TPSA) is 42.4 Å². The van der Waals surface area contributed by atoms with Crippen LogP contribution in [0.2, 0.25) is 5.15 Å². The van der Waals surface area contributed by atoms with E-state index in [2.05, 4.69) is 4.98 Å². The van der Waals surface area contributed by atoms with Crippen molar-refractivity contribution in [3.8, 4) is 0 Å². The number of amides is 1. The lowest BCUT2D eigenvalue weighted by Crippen LogP contribution is -2.44. The average molecular weight is 255 g/mol. The number of nitrogens with zero attached hydrogens (tertiary/aromatic N) is 2. The number of carbonyl (C=O) groups is 1. The molecule has 0 bridgehead atoms. The van der Waals surface area contributed by atoms with Gasteiger partial charge in [0, 0.05) is 24.3 Å². The van der Waals surface area contributed by atoms with Crippen molar-refractivity contribution >= 4 is 17.5 Å². The summed E-state index contributed by atoms with van der Waals surface area (Å²) < 4.78 is 5.41. The predicted octanol–water partition coefficient (Wildman–Crippen LogP) is 1.90. The van der Waals surface area contributed by atoms with Gasteiger partial charge in [0.2, 0.25) is 0 Å². The summed E-state index contributed by atoms with van der Waals surface area (Å²) in [5, 5.41) is 0.356. The smallest absolute Gasteiger partial charge is 0.254 e. The van der Waals surface area contributed by atoms with Crippen LogP contribution < -0.4 is 0 Å². The molecule has 1 atom stereocenters. The molecular formula is C12H15ClN2O2. The summed E-state index contributed by atoms with van der Waals surface area (Å²) in [5.74, 6) is -0.00690. The largest absolute Gasteiger partial charge is 0.375 e. The second kappa shape index (κ2) is 5.02. The lowest BCUT2D eigenvalue weighted by atomic mass is 10.2. The Morgan fingerprint density at radius 3 is 3.00 bits per heavy atom. The van der Waals surface area contributed by atoms with Gasteiger partial charge in [-0.05, 0) is 26.0 Å². The zero-order valence-corrected chi connectivity index (χ0v) is 10.7. The van der Waals surface area contributed by atoms with Gasteiger partial charge < -0.3 is 9.64 Å². The van der Waals surface area contributed by atoms with E-state index in [9.17, 15) is 4.79 Å². The highest BCUT2D eigenvalue weighted by atomic mass is 35.5. The van der Waals surface area contributed by atoms with E-state index in [4.69, 9.17) is 16.3 Å². The van der Waals surface area contributed by atoms with E-state index in [0.29, 0.717) is 30.4 Å². The van der Waals surface area contributed by atoms with Gasteiger partial charge in [-0.2, -0.15) is 0 Å². The van der Waals surface area contributed by atoms with Crippen molar-refractivity contribution in [2.24, 2.45) is 0 Å². The molecule has 0 radical (unpaired) electrons. The first-order valence-electron chi connectivity index (χ1n) is 5.61. The van der Waals surface area contributed by atoms with Gasteiger partial charge in [0.1, 0.15) is 5.15 Å². The highest BCUT2D eigenvalue weighted by Gasteiger charge is 2.22. The molecule has 0 aliphatic carbocycles. The van der Waals surface area contributed by atoms with Crippen LogP contribution in [0, 0.1) is 6.92 Å². The van der Waals surface area contributed by atoms with Crippen molar-refractivity contribution in [1.29, 1.82) is 0 Å². The van der Waals surface area contributed by atoms with Gasteiger partial charge in [-0.3, -0.25) is 4.79 Å². The van der Waals surface area contributed by atoms with E-state index >= 15 is 0 Å². The Labute approximate surface area is 106 Å². The van der Waals surface area contributed by atoms with Gasteiger partial charge in [-0.15, -0.1) is 0 Å². The molecule has 17 heavy (non-hydrogen) atoms. The fourth-order valence-electron chi connectivity index (χ4n) is 1.94. The summed E-state index contributed by atoms with van der Waals surface area (Å²) in [6.07, 6.45) is 0.0890. The molecule has 1 aromatic rings. The van der Waals surface area contributed by atoms with Gasteiger partial charge in [0.05, 0.1) is 12.7 Å². The van der Waals surface area contributed by atoms with Crippen LogP contribution in [0.3, 0.4) is 0 Å². The molecule has 0 aromatic carbocycles. The van der Waals surface area contributed by atoms with Crippen LogP contribution in [-0.4, -0.2) is 41.6 Å². The fraction of sp³-hybridized carbons (Fsp3) is 0.500. The Morgan fingerprint density at radius 1 is 1.59 bits per heavy atom. The van der Waals surface area contributed by atoms with Crippen LogP contribution in [0.4, 0.5) is 0 Å². The third kappa shape index (κ3) is 2.96. The van der Waals surface area contributed by atoms with Gasteiger partial charge in [0.25, 0.3) is 5.91 Å². The lowest BCUT2D eigenvalue weighted by molar-refractivity contribution is -0.0124. The molecule has 0 saturated carbocycles. The van der Waals surface area contributed by atoms with Crippen LogP contribution in [0.15, 0.2) is 12.1 Å². The SMILES string of the molecule is Cc1cc(C(=O)N2CCOC(C)C2)cc(Cl)n1. The summed E-state index contributed by atoms with van der Waals surface area (Å²) in [6.45, 7) is 5.62. The van der Waals surface area contributed by atoms with Crippen LogP contribution in [-0.2, 0) is 4.74 Å². The minimum absolute atomic E-state index is 0.00690. The Morgan fingerprint density at radius 2 is 2.35 bits per heavy atom. The average Bonchev–Trinajstić information content (AvgIpc) is 2.26. The first-order valence-corrected chi connectivity index (χ1v) is 5.99. The lowest BCUT2D eigenvalue weighted by Gasteiger charge is -2.31. The molecule has 92 valence electrons. The molecule has 4 nitrogen and oxygen atoms in total. The minimum atomic E-state index is -0.00690. The molecule has 2 rings (SSSR count). The molecule has 1 aliphatic heterocycles. The number of aromatic nitrogens is 1. The second-order valence-corrected chi connectivity index (χ2v) is 4.64. The van der Waals surface area contributed by atoms with E-state index < -0.39 is 0 Å². The van der Waals surface area contributed by atoms with Crippen molar-refractivity contribution in [3.63, 3.8) is 0 Å². The van der Waals surface area contributed by atoms with E-state index in [0.717, 1.165) is 5.69 Å². The third-order valence-corrected chi connectivity index (χ3v) is 2.89. The maximum atomic E-state index is 12.2. The number of morpholine rings is 1. The van der Waals surface area contributed by atoms with Gasteiger partial charge >= 0.3 is 0 Å². The van der Waals surface area contributed by atoms with E-state index in [1.807, 2.05) is 13.8 Å². The van der Waals surface area contributed by atoms with Crippen molar-refractivity contribution in [2.45, 2.75) is 20.0 Å². The summed E-state index contributed by atoms with van der Waals surface area (Å²) in [7, 11) is 0. The van der Waals surface area contributed by atoms with Crippen LogP contribution in [0.5, 0.6) is 0 Å². The fourth-order valence-corrected chi connectivity index (χ4v) is 2.19. The van der Waals surface area contributed by atoms with Crippen LogP contribution in [0.25, 0.3) is 0 Å². The summed E-state index contributed by atoms with van der Waals surface area (Å²) in [6, 6.07) is 3.37. The molecule has 2 heterocycles. The molecule has 1 amide bonds. The second-order valence-electron chi connectivity index (χ2n) is 4.25. The number of pyridine rings is 1. The summed E-state index contributed by atoms with van der Waals surface area (Å²) in [5.41, 5.74) is 1.35. The monoisotopic (exact) mass is 254 g/mol. The number of carbonyl (C=O) groups excluding carboxylic acids is 1. The molecule has 1 aromatic heterocycles. The summed E-state index contributed by atoms with van der Waals surface area (Å²) in [4.78, 5) is 18.1. The number of hydrogen-bond donors (Lipinski definition) is 0. The number of rotatable bonds is 1. The first kappa shape index (κ1) is 12.3. The molecular weight excluding hydrogens is 240 g/mol. The Hall–Kier alpha value is -1.13. The molecule has 0 N–H and O–H groups in total. The molecule has 1 unspecified atom stereocenters. The van der Waals surface area contributed by atoms with Crippen molar-refractivity contribution in [3.05, 3.63) is 28.5 Å². The molecule has 1 fully saturated rings. The van der Waals surface area contributed by atoms with Crippen molar-refractivity contribution in [1.82, 2.24) is 9.88 Å². The minimum Gasteiger partial charge on any atom is -0.375 e. The zero-order valence-electron chi connectivity index (χ0n) is 9.94. The van der Waals surface area contributed by atoms with Crippen molar-refractivity contribution in [2.75, 3.05) is 19.7 Å². The van der Waals surface area contributed by atoms with Gasteiger partial charge in [-0.25, -0.2) is 4.98 Å². The van der Waals surface area contributed by atoms with E-state index in [-0.39, 0.29) is 12.0 Å². The van der Waals surface area contributed by atoms with Gasteiger partial charge in [0.15, 0.2) is 0 Å². The third-order valence-electron chi connectivity index (χ3n) is 2.70. The van der Waals surface area contributed by atoms with Crippen LogP contribution >= 0.6 is 11.6 Å². The molecule has 1 saturated heterocycles. The Balaban J connectivity index is 2.18. The highest BCUT2D eigenvalue weighted by Crippen LogP contribution is 2.14. The molecule has 0 spiro atoms. The van der Waals surface area contributed by atoms with Gasteiger partial charge in [-0.1, -0.05) is 11.6 Å². The number of halogens is 1. The van der Waals surface area contributed by atoms with Crippen molar-refractivity contribution < 1.29 is 9.53 Å². The predicted molar refractivity (Wildman–Crippen MR) is 65.3 cm³/mol. The first-order chi connectivity index (χ1) is 8.06. The Kier molecular flexibility index (Phi) is 3.64. The number of ether oxygens (including phenoxy) is 1.